The number of carbonyl (C=O) groups is 2. The third kappa shape index (κ3) is 6.24. The number of hydrogen-bond acceptors (Lipinski definition) is 8. The highest BCUT2D eigenvalue weighted by Crippen LogP contribution is 2.31. The average molecular weight is 499 g/mol. The van der Waals surface area contributed by atoms with Crippen LogP contribution in [0.15, 0.2) is 70.5 Å². The lowest BCUT2D eigenvalue weighted by Gasteiger charge is -2.18. The number of rotatable bonds is 8. The van der Waals surface area contributed by atoms with Gasteiger partial charge in [-0.2, -0.15) is 14.0 Å². The quantitative estimate of drug-likeness (QED) is 0.430. The van der Waals surface area contributed by atoms with Gasteiger partial charge >= 0.3 is 6.61 Å². The fraction of sp³-hybridized carbons (Fsp3) is 0.167. The zero-order chi connectivity index (χ0) is 25.5. The topological polar surface area (TPSA) is 118 Å². The Morgan fingerprint density at radius 2 is 1.83 bits per heavy atom. The van der Waals surface area contributed by atoms with Crippen molar-refractivity contribution in [2.24, 2.45) is 10.7 Å². The minimum Gasteiger partial charge on any atom is -0.497 e. The number of thioether (sulfide) groups is 1. The number of anilines is 1. The molecule has 1 heterocycles. The van der Waals surface area contributed by atoms with Crippen molar-refractivity contribution in [3.8, 4) is 17.6 Å². The van der Waals surface area contributed by atoms with Gasteiger partial charge in [0.2, 0.25) is 0 Å². The Morgan fingerprint density at radius 3 is 2.37 bits per heavy atom. The number of ketones is 1. The first-order valence-corrected chi connectivity index (χ1v) is 11.1. The number of halogens is 2. The van der Waals surface area contributed by atoms with E-state index in [1.165, 1.54) is 43.2 Å². The maximum atomic E-state index is 13.2. The number of amidine groups is 1. The first kappa shape index (κ1) is 25.5. The Balaban J connectivity index is 1.93. The van der Waals surface area contributed by atoms with Crippen LogP contribution in [0.5, 0.6) is 11.5 Å². The minimum absolute atomic E-state index is 0.0760. The van der Waals surface area contributed by atoms with E-state index in [9.17, 15) is 18.4 Å². The summed E-state index contributed by atoms with van der Waals surface area (Å²) in [5.74, 6) is -0.617. The van der Waals surface area contributed by atoms with Gasteiger partial charge in [-0.1, -0.05) is 23.9 Å². The Morgan fingerprint density at radius 1 is 1.20 bits per heavy atom. The van der Waals surface area contributed by atoms with E-state index < -0.39 is 18.3 Å². The molecule has 0 fully saturated rings. The van der Waals surface area contributed by atoms with Gasteiger partial charge in [0.05, 0.1) is 18.6 Å². The first-order chi connectivity index (χ1) is 16.7. The van der Waals surface area contributed by atoms with Crippen molar-refractivity contribution >= 4 is 40.4 Å². The number of carbonyl (C=O) groups excluding carboxylic acids is 2. The van der Waals surface area contributed by atoms with E-state index >= 15 is 0 Å². The summed E-state index contributed by atoms with van der Waals surface area (Å²) >= 11 is 0.948. The fourth-order valence-corrected chi connectivity index (χ4v) is 3.91. The molecule has 0 atom stereocenters. The lowest BCUT2D eigenvalue weighted by Crippen LogP contribution is -2.31. The van der Waals surface area contributed by atoms with Crippen LogP contribution in [0.4, 0.5) is 14.5 Å². The number of aliphatic imine (C=N–C) groups is 1. The second-order valence-corrected chi connectivity index (χ2v) is 8.03. The lowest BCUT2D eigenvalue weighted by atomic mass is 10.2. The molecule has 1 amide bonds. The number of hydrogen-bond donors (Lipinski definition) is 1. The molecule has 2 aromatic carbocycles. The first-order valence-electron chi connectivity index (χ1n) is 10.1. The molecular weight excluding hydrogens is 478 g/mol. The van der Waals surface area contributed by atoms with Crippen LogP contribution >= 0.6 is 11.8 Å². The van der Waals surface area contributed by atoms with Gasteiger partial charge in [0, 0.05) is 5.70 Å². The molecule has 0 bridgehead atoms. The number of methoxy groups -OCH3 is 1. The van der Waals surface area contributed by atoms with Gasteiger partial charge in [-0.05, 0) is 55.0 Å². The van der Waals surface area contributed by atoms with Gasteiger partial charge in [-0.25, -0.2) is 4.99 Å². The molecule has 8 nitrogen and oxygen atoms in total. The highest BCUT2D eigenvalue weighted by Gasteiger charge is 2.32. The molecule has 0 aromatic heterocycles. The van der Waals surface area contributed by atoms with Gasteiger partial charge in [0.15, 0.2) is 11.0 Å². The summed E-state index contributed by atoms with van der Waals surface area (Å²) in [5, 5.41) is 9.35. The van der Waals surface area contributed by atoms with Crippen molar-refractivity contribution < 1.29 is 27.8 Å². The van der Waals surface area contributed by atoms with Crippen LogP contribution < -0.4 is 20.1 Å². The number of allylic oxidation sites excluding steroid dienone is 2. The van der Waals surface area contributed by atoms with E-state index in [0.717, 1.165) is 11.8 Å². The second kappa shape index (κ2) is 11.3. The van der Waals surface area contributed by atoms with Crippen molar-refractivity contribution in [1.29, 1.82) is 5.26 Å². The van der Waals surface area contributed by atoms with Gasteiger partial charge in [0.25, 0.3) is 5.91 Å². The van der Waals surface area contributed by atoms with Crippen molar-refractivity contribution in [2.45, 2.75) is 13.5 Å². The summed E-state index contributed by atoms with van der Waals surface area (Å²) in [7, 11) is 1.54. The van der Waals surface area contributed by atoms with Crippen LogP contribution in [0, 0.1) is 11.3 Å². The van der Waals surface area contributed by atoms with Gasteiger partial charge in [-0.3, -0.25) is 14.5 Å². The molecule has 0 saturated heterocycles. The minimum atomic E-state index is -2.99. The molecule has 0 unspecified atom stereocenters. The van der Waals surface area contributed by atoms with E-state index in [4.69, 9.17) is 15.7 Å². The predicted octanol–water partition coefficient (Wildman–Crippen LogP) is 4.10. The molecule has 1 aliphatic rings. The number of benzene rings is 2. The van der Waals surface area contributed by atoms with Crippen molar-refractivity contribution in [3.63, 3.8) is 0 Å². The van der Waals surface area contributed by atoms with Crippen molar-refractivity contribution in [1.82, 2.24) is 0 Å². The Bertz CT molecular complexity index is 1250. The third-order valence-electron chi connectivity index (χ3n) is 4.69. The van der Waals surface area contributed by atoms with E-state index in [0.29, 0.717) is 17.0 Å². The van der Waals surface area contributed by atoms with Crippen LogP contribution in [-0.2, 0) is 9.59 Å². The van der Waals surface area contributed by atoms with Crippen LogP contribution in [-0.4, -0.2) is 36.3 Å². The van der Waals surface area contributed by atoms with Crippen molar-refractivity contribution in [2.75, 3.05) is 17.8 Å². The molecule has 0 aliphatic carbocycles. The normalized spacial score (nSPS) is 15.1. The molecule has 11 heteroatoms. The molecule has 2 N–H and O–H groups in total. The summed E-state index contributed by atoms with van der Waals surface area (Å²) in [6.07, 6.45) is 1.57. The van der Waals surface area contributed by atoms with E-state index in [1.54, 1.807) is 36.4 Å². The van der Waals surface area contributed by atoms with E-state index in [-0.39, 0.29) is 33.6 Å². The number of Topliss-reactive ketones (excluding diaryl/α,β-unsaturated/α-hetero) is 1. The van der Waals surface area contributed by atoms with E-state index in [2.05, 4.69) is 9.73 Å². The molecule has 180 valence electrons. The van der Waals surface area contributed by atoms with Crippen LogP contribution in [0.25, 0.3) is 6.08 Å². The molecular formula is C24H20F2N4O4S. The number of nitriles is 1. The second-order valence-electron chi connectivity index (χ2n) is 7.09. The zero-order valence-corrected chi connectivity index (χ0v) is 19.5. The maximum Gasteiger partial charge on any atom is 0.387 e. The largest absolute Gasteiger partial charge is 0.497 e. The summed E-state index contributed by atoms with van der Waals surface area (Å²) < 4.78 is 34.5. The Hall–Kier alpha value is -4.17. The molecule has 0 spiro atoms. The summed E-state index contributed by atoms with van der Waals surface area (Å²) in [6, 6.07) is 14.2. The van der Waals surface area contributed by atoms with Crippen LogP contribution in [0.2, 0.25) is 0 Å². The zero-order valence-electron chi connectivity index (χ0n) is 18.7. The highest BCUT2D eigenvalue weighted by molar-refractivity contribution is 8.14. The Labute approximate surface area is 204 Å². The summed E-state index contributed by atoms with van der Waals surface area (Å²) in [5.41, 5.74) is 6.64. The molecule has 1 aliphatic heterocycles. The fourth-order valence-electron chi connectivity index (χ4n) is 3.03. The molecule has 35 heavy (non-hydrogen) atoms. The van der Waals surface area contributed by atoms with Crippen LogP contribution in [0.1, 0.15) is 12.5 Å². The average Bonchev–Trinajstić information content (AvgIpc) is 3.13. The third-order valence-corrected chi connectivity index (χ3v) is 5.62. The maximum absolute atomic E-state index is 13.2. The SMILES string of the molecule is COc1ccc(/C=C2\N=C(SCC(=O)/C(C#N)=C(\C)N)N(c3ccc(OC(F)F)cc3)C2=O)cc1. The number of alkyl halides is 2. The lowest BCUT2D eigenvalue weighted by molar-refractivity contribution is -0.114. The number of ether oxygens (including phenoxy) is 2. The number of nitrogens with zero attached hydrogens (tertiary/aromatic N) is 3. The number of amides is 1. The standard InChI is InChI=1S/C24H20F2N4O4S/c1-14(28)19(12-27)21(31)13-35-24-29-20(11-15-3-7-17(33-2)8-4-15)22(32)30(24)16-5-9-18(10-6-16)34-23(25)26/h3-11,23H,13,28H2,1-2H3/b19-14+,20-11-. The summed E-state index contributed by atoms with van der Waals surface area (Å²) in [6.45, 7) is -1.54. The Kier molecular flexibility index (Phi) is 8.22. The number of nitrogens with two attached hydrogens (primary N) is 1. The molecule has 3 rings (SSSR count). The smallest absolute Gasteiger partial charge is 0.387 e. The van der Waals surface area contributed by atoms with Gasteiger partial charge in [-0.15, -0.1) is 0 Å². The van der Waals surface area contributed by atoms with Gasteiger partial charge < -0.3 is 15.2 Å². The molecule has 2 aromatic rings. The van der Waals surface area contributed by atoms with Crippen LogP contribution in [0.3, 0.4) is 0 Å². The van der Waals surface area contributed by atoms with Crippen molar-refractivity contribution in [3.05, 3.63) is 71.1 Å². The predicted molar refractivity (Wildman–Crippen MR) is 129 cm³/mol. The molecule has 0 saturated carbocycles. The summed E-state index contributed by atoms with van der Waals surface area (Å²) in [4.78, 5) is 31.3. The van der Waals surface area contributed by atoms with E-state index in [1.807, 2.05) is 0 Å². The monoisotopic (exact) mass is 498 g/mol. The highest BCUT2D eigenvalue weighted by atomic mass is 32.2. The van der Waals surface area contributed by atoms with Gasteiger partial charge in [0.1, 0.15) is 28.8 Å². The molecule has 0 radical (unpaired) electrons.